The Morgan fingerprint density at radius 3 is 2.59 bits per heavy atom. The molecule has 29 heavy (non-hydrogen) atoms. The van der Waals surface area contributed by atoms with Gasteiger partial charge in [-0.25, -0.2) is 0 Å². The number of nitro benzene ring substituents is 1. The van der Waals surface area contributed by atoms with E-state index in [4.69, 9.17) is 32.7 Å². The summed E-state index contributed by atoms with van der Waals surface area (Å²) in [6.07, 6.45) is 3.71. The Balaban J connectivity index is 1.95. The molecule has 2 heterocycles. The van der Waals surface area contributed by atoms with Crippen LogP contribution in [0.4, 0.5) is 11.4 Å². The molecule has 1 unspecified atom stereocenters. The van der Waals surface area contributed by atoms with Gasteiger partial charge in [-0.1, -0.05) is 23.2 Å². The Kier molecular flexibility index (Phi) is 4.57. The van der Waals surface area contributed by atoms with E-state index in [2.05, 4.69) is 15.9 Å². The Morgan fingerprint density at radius 1 is 1.28 bits per heavy atom. The van der Waals surface area contributed by atoms with Gasteiger partial charge in [-0.3, -0.25) is 10.1 Å². The molecule has 152 valence electrons. The number of methoxy groups -OCH3 is 1. The smallest absolute Gasteiger partial charge is 0.288 e. The molecule has 0 saturated heterocycles. The van der Waals surface area contributed by atoms with Gasteiger partial charge in [0.05, 0.1) is 23.5 Å². The number of ether oxygens (including phenoxy) is 2. The first-order valence-corrected chi connectivity index (χ1v) is 10.3. The van der Waals surface area contributed by atoms with Crippen LogP contribution in [0.2, 0.25) is 10.0 Å². The molecular weight excluding hydrogens is 483 g/mol. The van der Waals surface area contributed by atoms with Gasteiger partial charge >= 0.3 is 0 Å². The molecule has 0 bridgehead atoms. The van der Waals surface area contributed by atoms with E-state index in [1.54, 1.807) is 6.07 Å². The van der Waals surface area contributed by atoms with Crippen LogP contribution in [-0.4, -0.2) is 24.8 Å². The number of fused-ring (bicyclic) bond motifs is 2. The molecule has 0 aromatic heterocycles. The lowest BCUT2D eigenvalue weighted by Crippen LogP contribution is -2.58. The number of benzene rings is 2. The van der Waals surface area contributed by atoms with Gasteiger partial charge in [-0.05, 0) is 54.1 Å². The van der Waals surface area contributed by atoms with Crippen LogP contribution in [0, 0.1) is 10.1 Å². The van der Waals surface area contributed by atoms with Crippen molar-refractivity contribution < 1.29 is 14.4 Å². The second-order valence-corrected chi connectivity index (χ2v) is 9.15. The molecule has 0 aliphatic carbocycles. The van der Waals surface area contributed by atoms with Crippen LogP contribution in [0.15, 0.2) is 28.7 Å². The molecule has 4 rings (SSSR count). The molecular formula is C20H17BrCl2N2O4. The van der Waals surface area contributed by atoms with Gasteiger partial charge in [-0.2, -0.15) is 0 Å². The van der Waals surface area contributed by atoms with Gasteiger partial charge in [-0.15, -0.1) is 0 Å². The number of rotatable bonds is 2. The van der Waals surface area contributed by atoms with Gasteiger partial charge in [0.25, 0.3) is 5.69 Å². The van der Waals surface area contributed by atoms with E-state index in [0.29, 0.717) is 25.8 Å². The molecule has 2 aliphatic rings. The van der Waals surface area contributed by atoms with Crippen LogP contribution in [-0.2, 0) is 5.41 Å². The second-order valence-electron chi connectivity index (χ2n) is 7.51. The van der Waals surface area contributed by atoms with Crippen LogP contribution < -0.4 is 14.4 Å². The van der Waals surface area contributed by atoms with E-state index < -0.39 is 16.1 Å². The fourth-order valence-electron chi connectivity index (χ4n) is 4.28. The number of halogens is 3. The number of nitro groups is 1. The largest absolute Gasteiger partial charge is 0.493 e. The van der Waals surface area contributed by atoms with Crippen molar-refractivity contribution in [1.82, 2.24) is 0 Å². The lowest BCUT2D eigenvalue weighted by molar-refractivity contribution is -0.385. The maximum absolute atomic E-state index is 11.4. The van der Waals surface area contributed by atoms with Crippen molar-refractivity contribution in [3.63, 3.8) is 0 Å². The summed E-state index contributed by atoms with van der Waals surface area (Å²) in [7, 11) is 3.36. The van der Waals surface area contributed by atoms with E-state index >= 15 is 0 Å². The third kappa shape index (κ3) is 2.60. The second kappa shape index (κ2) is 6.52. The van der Waals surface area contributed by atoms with Gasteiger partial charge in [0, 0.05) is 33.9 Å². The molecule has 0 fully saturated rings. The van der Waals surface area contributed by atoms with Crippen LogP contribution in [0.5, 0.6) is 11.5 Å². The molecule has 1 spiro atoms. The molecule has 0 saturated carbocycles. The van der Waals surface area contributed by atoms with Crippen LogP contribution in [0.25, 0.3) is 6.08 Å². The predicted molar refractivity (Wildman–Crippen MR) is 118 cm³/mol. The van der Waals surface area contributed by atoms with E-state index in [-0.39, 0.29) is 11.4 Å². The van der Waals surface area contributed by atoms with Crippen LogP contribution in [0.1, 0.15) is 25.0 Å². The molecule has 1 atom stereocenters. The van der Waals surface area contributed by atoms with Crippen molar-refractivity contribution in [3.05, 3.63) is 60.0 Å². The highest BCUT2D eigenvalue weighted by Gasteiger charge is 2.59. The molecule has 0 radical (unpaired) electrons. The van der Waals surface area contributed by atoms with Crippen molar-refractivity contribution in [2.45, 2.75) is 25.0 Å². The summed E-state index contributed by atoms with van der Waals surface area (Å²) in [5, 5.41) is 12.5. The minimum absolute atomic E-state index is 0.0954. The highest BCUT2D eigenvalue weighted by molar-refractivity contribution is 9.10. The minimum Gasteiger partial charge on any atom is -0.493 e. The monoisotopic (exact) mass is 498 g/mol. The predicted octanol–water partition coefficient (Wildman–Crippen LogP) is 6.20. The van der Waals surface area contributed by atoms with Crippen molar-refractivity contribution in [2.24, 2.45) is 0 Å². The Morgan fingerprint density at radius 2 is 1.97 bits per heavy atom. The van der Waals surface area contributed by atoms with Crippen molar-refractivity contribution in [3.8, 4) is 11.5 Å². The topological polar surface area (TPSA) is 64.8 Å². The van der Waals surface area contributed by atoms with Crippen molar-refractivity contribution >= 4 is 56.6 Å². The van der Waals surface area contributed by atoms with Gasteiger partial charge < -0.3 is 14.4 Å². The maximum atomic E-state index is 11.4. The molecule has 6 nitrogen and oxygen atoms in total. The molecule has 2 aliphatic heterocycles. The van der Waals surface area contributed by atoms with E-state index in [0.717, 1.165) is 11.3 Å². The van der Waals surface area contributed by atoms with Gasteiger partial charge in [0.1, 0.15) is 4.47 Å². The number of likely N-dealkylation sites (N-methyl/N-ethyl adjacent to an activating group) is 1. The summed E-state index contributed by atoms with van der Waals surface area (Å²) in [6.45, 7) is 4.08. The SMILES string of the molecule is COc1cc([N+](=O)[O-])c(Br)c2c1OC1(C=C2)N(C)c2cc(Cl)cc(Cl)c2C1(C)C. The van der Waals surface area contributed by atoms with E-state index in [9.17, 15) is 10.1 Å². The fourth-order valence-corrected chi connectivity index (χ4v) is 5.58. The average molecular weight is 500 g/mol. The Labute approximate surface area is 186 Å². The maximum Gasteiger partial charge on any atom is 0.288 e. The number of hydrogen-bond donors (Lipinski definition) is 0. The Bertz CT molecular complexity index is 1100. The zero-order chi connectivity index (χ0) is 21.3. The first-order valence-electron chi connectivity index (χ1n) is 8.71. The van der Waals surface area contributed by atoms with E-state index in [1.807, 2.05) is 44.0 Å². The number of anilines is 1. The summed E-state index contributed by atoms with van der Waals surface area (Å²) >= 11 is 16.2. The minimum atomic E-state index is -0.931. The normalized spacial score (nSPS) is 21.0. The molecule has 0 amide bonds. The molecule has 0 N–H and O–H groups in total. The summed E-state index contributed by atoms with van der Waals surface area (Å²) in [5.74, 6) is 0.699. The highest BCUT2D eigenvalue weighted by Crippen LogP contribution is 2.58. The van der Waals surface area contributed by atoms with Crippen LogP contribution in [0.3, 0.4) is 0 Å². The summed E-state index contributed by atoms with van der Waals surface area (Å²) in [5.41, 5.74) is 0.735. The first kappa shape index (κ1) is 20.3. The summed E-state index contributed by atoms with van der Waals surface area (Å²) in [4.78, 5) is 12.9. The van der Waals surface area contributed by atoms with Crippen LogP contribution >= 0.6 is 39.1 Å². The number of hydrogen-bond acceptors (Lipinski definition) is 5. The first-order chi connectivity index (χ1) is 13.5. The zero-order valence-corrected chi connectivity index (χ0v) is 19.1. The highest BCUT2D eigenvalue weighted by atomic mass is 79.9. The lowest BCUT2D eigenvalue weighted by Gasteiger charge is -2.46. The molecule has 9 heteroatoms. The lowest BCUT2D eigenvalue weighted by atomic mass is 9.76. The molecule has 2 aromatic carbocycles. The average Bonchev–Trinajstić information content (AvgIpc) is 2.80. The fraction of sp³-hybridized carbons (Fsp3) is 0.300. The zero-order valence-electron chi connectivity index (χ0n) is 16.0. The standard InChI is InChI=1S/C20H17BrCl2N2O4/c1-19(2)16-12(23)7-10(22)8-13(16)24(3)20(19)6-5-11-17(21)14(25(26)27)9-15(28-4)18(11)29-20/h5-9H,1-4H3. The quantitative estimate of drug-likeness (QED) is 0.363. The third-order valence-corrected chi connectivity index (χ3v) is 7.11. The van der Waals surface area contributed by atoms with Crippen molar-refractivity contribution in [2.75, 3.05) is 19.1 Å². The number of nitrogens with zero attached hydrogens (tertiary/aromatic N) is 2. The van der Waals surface area contributed by atoms with Gasteiger partial charge in [0.15, 0.2) is 11.5 Å². The van der Waals surface area contributed by atoms with Crippen molar-refractivity contribution in [1.29, 1.82) is 0 Å². The summed E-state index contributed by atoms with van der Waals surface area (Å²) in [6, 6.07) is 4.93. The summed E-state index contributed by atoms with van der Waals surface area (Å²) < 4.78 is 12.4. The Hall–Kier alpha value is -1.96. The van der Waals surface area contributed by atoms with Gasteiger partial charge in [0.2, 0.25) is 5.72 Å². The van der Waals surface area contributed by atoms with E-state index in [1.165, 1.54) is 13.2 Å². The third-order valence-electron chi connectivity index (χ3n) is 5.76. The molecule has 2 aromatic rings.